The van der Waals surface area contributed by atoms with Gasteiger partial charge in [-0.1, -0.05) is 18.2 Å². The van der Waals surface area contributed by atoms with E-state index in [4.69, 9.17) is 9.07 Å². The highest BCUT2D eigenvalue weighted by atomic mass is 16.5. The van der Waals surface area contributed by atoms with Gasteiger partial charge in [-0.2, -0.15) is 0 Å². The molecular weight excluding hydrogens is 401 g/mol. The largest absolute Gasteiger partial charge is 0.487 e. The van der Waals surface area contributed by atoms with Crippen LogP contribution >= 0.6 is 0 Å². The summed E-state index contributed by atoms with van der Waals surface area (Å²) in [6, 6.07) is 12.1. The van der Waals surface area contributed by atoms with Crippen LogP contribution in [0.25, 0.3) is 0 Å². The van der Waals surface area contributed by atoms with Gasteiger partial charge >= 0.3 is 7.12 Å². The van der Waals surface area contributed by atoms with Crippen molar-refractivity contribution in [1.29, 1.82) is 0 Å². The zero-order valence-electron chi connectivity index (χ0n) is 16.7. The number of furan rings is 1. The lowest BCUT2D eigenvalue weighted by atomic mass is 9.55. The number of carbonyl (C=O) groups excluding carboxylic acids is 2. The van der Waals surface area contributed by atoms with E-state index in [0.29, 0.717) is 34.7 Å². The standard InChI is InChI=1S/C22H22BNO7/c25-10-12-8-16-19(22(28)24(21(16)27)13-4-2-1-3-5-13)15-9-18(31-23(29)20(12)15)17-7-6-14(11-26)30-17/h1-7,15-16,18-19,25-26,29H,8-11H2/t15-,16-,18-,19+/m0/s1. The third-order valence-electron chi connectivity index (χ3n) is 6.57. The zero-order chi connectivity index (χ0) is 21.7. The second-order valence-corrected chi connectivity index (χ2v) is 8.18. The average Bonchev–Trinajstić information content (AvgIpc) is 3.36. The topological polar surface area (TPSA) is 120 Å². The van der Waals surface area contributed by atoms with Crippen LogP contribution in [-0.4, -0.2) is 40.8 Å². The third-order valence-corrected chi connectivity index (χ3v) is 6.57. The second kappa shape index (κ2) is 7.76. The van der Waals surface area contributed by atoms with Gasteiger partial charge in [-0.05, 0) is 54.1 Å². The number of para-hydroxylation sites is 1. The van der Waals surface area contributed by atoms with E-state index in [1.807, 2.05) is 6.07 Å². The molecule has 0 spiro atoms. The molecule has 0 radical (unpaired) electrons. The highest BCUT2D eigenvalue weighted by Crippen LogP contribution is 2.51. The van der Waals surface area contributed by atoms with Crippen molar-refractivity contribution in [2.75, 3.05) is 11.5 Å². The second-order valence-electron chi connectivity index (χ2n) is 8.18. The Morgan fingerprint density at radius 3 is 2.45 bits per heavy atom. The molecule has 2 aliphatic heterocycles. The summed E-state index contributed by atoms with van der Waals surface area (Å²) in [5, 5.41) is 30.0. The SMILES string of the molecule is O=C1[C@H]2[C@H](CC(CO)=C3B(O)O[C@H](c4ccc(CO)o4)C[C@H]32)C(=O)N1c1ccccc1. The molecule has 0 bridgehead atoms. The van der Waals surface area contributed by atoms with Crippen LogP contribution in [0.3, 0.4) is 0 Å². The Bertz CT molecular complexity index is 1050. The number of aliphatic hydroxyl groups excluding tert-OH is 2. The van der Waals surface area contributed by atoms with Gasteiger partial charge < -0.3 is 24.3 Å². The van der Waals surface area contributed by atoms with Gasteiger partial charge in [-0.15, -0.1) is 0 Å². The molecule has 1 aromatic heterocycles. The van der Waals surface area contributed by atoms with Gasteiger partial charge in [0.2, 0.25) is 11.8 Å². The fourth-order valence-electron chi connectivity index (χ4n) is 5.22. The molecule has 5 rings (SSSR count). The molecule has 4 atom stereocenters. The van der Waals surface area contributed by atoms with E-state index in [2.05, 4.69) is 0 Å². The molecule has 0 saturated carbocycles. The Labute approximate surface area is 178 Å². The number of fused-ring (bicyclic) bond motifs is 3. The molecule has 2 fully saturated rings. The number of benzene rings is 1. The molecule has 0 unspecified atom stereocenters. The lowest BCUT2D eigenvalue weighted by Gasteiger charge is -2.41. The minimum Gasteiger partial charge on any atom is -0.461 e. The minimum atomic E-state index is -1.32. The molecule has 31 heavy (non-hydrogen) atoms. The molecule has 2 amide bonds. The predicted octanol–water partition coefficient (Wildman–Crippen LogP) is 1.37. The fraction of sp³-hybridized carbons (Fsp3) is 0.364. The monoisotopic (exact) mass is 423 g/mol. The van der Waals surface area contributed by atoms with E-state index in [0.717, 1.165) is 0 Å². The van der Waals surface area contributed by atoms with E-state index < -0.39 is 31.0 Å². The lowest BCUT2D eigenvalue weighted by Crippen LogP contribution is -2.45. The first-order valence-electron chi connectivity index (χ1n) is 10.3. The Hall–Kier alpha value is -2.72. The number of aliphatic hydroxyl groups is 2. The molecule has 160 valence electrons. The van der Waals surface area contributed by atoms with Gasteiger partial charge in [0, 0.05) is 0 Å². The van der Waals surface area contributed by atoms with Crippen LogP contribution < -0.4 is 4.90 Å². The summed E-state index contributed by atoms with van der Waals surface area (Å²) in [6.45, 7) is -0.579. The Balaban J connectivity index is 1.53. The summed E-state index contributed by atoms with van der Waals surface area (Å²) >= 11 is 0. The smallest absolute Gasteiger partial charge is 0.461 e. The minimum absolute atomic E-state index is 0.210. The van der Waals surface area contributed by atoms with Gasteiger partial charge in [-0.25, -0.2) is 0 Å². The molecule has 9 heteroatoms. The van der Waals surface area contributed by atoms with Crippen LogP contribution in [0.1, 0.15) is 30.5 Å². The van der Waals surface area contributed by atoms with Crippen molar-refractivity contribution >= 4 is 24.6 Å². The van der Waals surface area contributed by atoms with Crippen molar-refractivity contribution < 1.29 is 33.9 Å². The number of imide groups is 1. The highest BCUT2D eigenvalue weighted by molar-refractivity contribution is 6.53. The van der Waals surface area contributed by atoms with Crippen molar-refractivity contribution in [2.45, 2.75) is 25.6 Å². The van der Waals surface area contributed by atoms with Crippen molar-refractivity contribution in [3.8, 4) is 0 Å². The summed E-state index contributed by atoms with van der Waals surface area (Å²) in [7, 11) is -1.32. The van der Waals surface area contributed by atoms with Crippen LogP contribution in [0.5, 0.6) is 0 Å². The average molecular weight is 423 g/mol. The lowest BCUT2D eigenvalue weighted by molar-refractivity contribution is -0.123. The first-order valence-corrected chi connectivity index (χ1v) is 10.3. The number of allylic oxidation sites excluding steroid dienone is 1. The molecule has 3 heterocycles. The van der Waals surface area contributed by atoms with Crippen molar-refractivity contribution in [3.63, 3.8) is 0 Å². The molecule has 3 aliphatic rings. The third kappa shape index (κ3) is 3.16. The van der Waals surface area contributed by atoms with Crippen LogP contribution in [-0.2, 0) is 20.9 Å². The first kappa shape index (κ1) is 20.2. The summed E-state index contributed by atoms with van der Waals surface area (Å²) < 4.78 is 11.3. The maximum Gasteiger partial charge on any atom is 0.487 e. The summed E-state index contributed by atoms with van der Waals surface area (Å²) in [4.78, 5) is 27.9. The maximum atomic E-state index is 13.4. The van der Waals surface area contributed by atoms with Gasteiger partial charge in [-0.3, -0.25) is 14.5 Å². The number of amides is 2. The molecule has 2 aromatic rings. The summed E-state index contributed by atoms with van der Waals surface area (Å²) in [5.74, 6) is -1.50. The quantitative estimate of drug-likeness (QED) is 0.502. The molecule has 8 nitrogen and oxygen atoms in total. The summed E-state index contributed by atoms with van der Waals surface area (Å²) in [6.07, 6.45) is -0.116. The summed E-state index contributed by atoms with van der Waals surface area (Å²) in [5.41, 5.74) is 1.55. The number of rotatable bonds is 4. The van der Waals surface area contributed by atoms with E-state index in [9.17, 15) is 24.8 Å². The van der Waals surface area contributed by atoms with Gasteiger partial charge in [0.25, 0.3) is 0 Å². The number of carbonyl (C=O) groups is 2. The van der Waals surface area contributed by atoms with Crippen LogP contribution in [0.4, 0.5) is 5.69 Å². The van der Waals surface area contributed by atoms with E-state index in [-0.39, 0.29) is 31.4 Å². The number of hydrogen-bond acceptors (Lipinski definition) is 7. The molecule has 3 N–H and O–H groups in total. The van der Waals surface area contributed by atoms with Gasteiger partial charge in [0.15, 0.2) is 0 Å². The number of hydrogen-bond donors (Lipinski definition) is 3. The maximum absolute atomic E-state index is 13.4. The highest BCUT2D eigenvalue weighted by Gasteiger charge is 2.58. The van der Waals surface area contributed by atoms with E-state index in [1.165, 1.54) is 4.90 Å². The van der Waals surface area contributed by atoms with E-state index in [1.54, 1.807) is 36.4 Å². The fourth-order valence-corrected chi connectivity index (χ4v) is 5.22. The molecule has 2 saturated heterocycles. The Morgan fingerprint density at radius 1 is 1.00 bits per heavy atom. The number of anilines is 1. The zero-order valence-corrected chi connectivity index (χ0v) is 16.7. The molecule has 1 aromatic carbocycles. The van der Waals surface area contributed by atoms with Crippen molar-refractivity contribution in [1.82, 2.24) is 0 Å². The van der Waals surface area contributed by atoms with Crippen LogP contribution in [0.15, 0.2) is 57.9 Å². The predicted molar refractivity (Wildman–Crippen MR) is 109 cm³/mol. The van der Waals surface area contributed by atoms with Gasteiger partial charge in [0.1, 0.15) is 24.2 Å². The van der Waals surface area contributed by atoms with Gasteiger partial charge in [0.05, 0.1) is 24.1 Å². The molecular formula is C22H22BNO7. The van der Waals surface area contributed by atoms with Crippen molar-refractivity contribution in [3.05, 3.63) is 65.0 Å². The van der Waals surface area contributed by atoms with Crippen molar-refractivity contribution in [2.24, 2.45) is 17.8 Å². The normalized spacial score (nSPS) is 28.2. The Kier molecular flexibility index (Phi) is 5.06. The van der Waals surface area contributed by atoms with E-state index >= 15 is 0 Å². The van der Waals surface area contributed by atoms with Crippen LogP contribution in [0.2, 0.25) is 0 Å². The van der Waals surface area contributed by atoms with Crippen LogP contribution in [0, 0.1) is 17.8 Å². The number of nitrogens with zero attached hydrogens (tertiary/aromatic N) is 1. The molecule has 1 aliphatic carbocycles. The Morgan fingerprint density at radius 2 is 1.77 bits per heavy atom. The first-order chi connectivity index (χ1) is 15.0.